The second kappa shape index (κ2) is 12.7. The highest BCUT2D eigenvalue weighted by Gasteiger charge is 2.42. The maximum Gasteiger partial charge on any atom is 0.356 e. The summed E-state index contributed by atoms with van der Waals surface area (Å²) in [7, 11) is -4.00. The van der Waals surface area contributed by atoms with E-state index in [4.69, 9.17) is 0 Å². The van der Waals surface area contributed by atoms with Crippen LogP contribution in [-0.2, 0) is 0 Å². The summed E-state index contributed by atoms with van der Waals surface area (Å²) in [6.45, 7) is -2.99. The minimum absolute atomic E-state index is 0.164. The number of nitrogens with zero attached hydrogens (tertiary/aromatic N) is 1. The Hall–Kier alpha value is -4.75. The fourth-order valence-electron chi connectivity index (χ4n) is 4.55. The molecule has 0 N–H and O–H groups in total. The highest BCUT2D eigenvalue weighted by Crippen LogP contribution is 2.47. The molecule has 13 heteroatoms. The van der Waals surface area contributed by atoms with Crippen molar-refractivity contribution in [3.8, 4) is 11.6 Å². The van der Waals surface area contributed by atoms with E-state index >= 15 is 17.6 Å². The molecule has 0 bridgehead atoms. The van der Waals surface area contributed by atoms with Crippen LogP contribution in [0.15, 0.2) is 95.7 Å². The molecule has 1 nitrogen and oxygen atoms in total. The molecule has 0 amide bonds. The third-order valence-electron chi connectivity index (χ3n) is 6.72. The summed E-state index contributed by atoms with van der Waals surface area (Å²) in [4.78, 5) is 0. The lowest BCUT2D eigenvalue weighted by molar-refractivity contribution is 0.382. The normalized spacial score (nSPS) is 11.2. The van der Waals surface area contributed by atoms with Gasteiger partial charge in [-0.3, -0.25) is 0 Å². The molecule has 0 aliphatic carbocycles. The Morgan fingerprint density at radius 3 is 1.09 bits per heavy atom. The molecule has 45 heavy (non-hydrogen) atoms. The zero-order valence-electron chi connectivity index (χ0n) is 22.4. The molecule has 226 valence electrons. The monoisotopic (exact) mass is 645 g/mol. The first-order chi connectivity index (χ1) is 21.5. The third kappa shape index (κ3) is 5.64. The van der Waals surface area contributed by atoms with Gasteiger partial charge in [-0.25, -0.2) is 43.9 Å². The molecule has 0 spiro atoms. The summed E-state index contributed by atoms with van der Waals surface area (Å²) in [6.07, 6.45) is 0. The summed E-state index contributed by atoms with van der Waals surface area (Å²) < 4.78 is 152. The van der Waals surface area contributed by atoms with Crippen LogP contribution < -0.4 is 21.5 Å². The molecule has 0 aliphatic heterocycles. The van der Waals surface area contributed by atoms with Crippen LogP contribution in [0.5, 0.6) is 0 Å². The van der Waals surface area contributed by atoms with Gasteiger partial charge in [0.15, 0.2) is 58.2 Å². The Balaban J connectivity index is 2.05. The van der Waals surface area contributed by atoms with Crippen molar-refractivity contribution in [1.82, 2.24) is 0 Å². The molecular weight excluding hydrogens is 630 g/mol. The largest absolute Gasteiger partial charge is 0.356 e. The van der Waals surface area contributed by atoms with Crippen LogP contribution in [0.3, 0.4) is 0 Å². The number of rotatable bonds is 5. The lowest BCUT2D eigenvalue weighted by Gasteiger charge is -2.25. The van der Waals surface area contributed by atoms with Gasteiger partial charge in [0.05, 0.1) is 7.05 Å². The fourth-order valence-corrected chi connectivity index (χ4v) is 7.51. The smallest absolute Gasteiger partial charge is 0.326 e. The van der Waals surface area contributed by atoms with Gasteiger partial charge in [-0.1, -0.05) is 84.8 Å². The first-order valence-electron chi connectivity index (χ1n) is 12.8. The first-order valence-corrected chi connectivity index (χ1v) is 14.6. The van der Waals surface area contributed by atoms with E-state index in [0.717, 1.165) is 0 Å². The van der Waals surface area contributed by atoms with Crippen molar-refractivity contribution in [2.24, 2.45) is 4.66 Å². The lowest BCUT2D eigenvalue weighted by Crippen LogP contribution is -2.50. The van der Waals surface area contributed by atoms with Crippen LogP contribution in [0.25, 0.3) is 0 Å². The molecule has 0 aromatic heterocycles. The van der Waals surface area contributed by atoms with Crippen LogP contribution in [-0.4, -0.2) is 6.85 Å². The minimum Gasteiger partial charge on any atom is -0.326 e. The van der Waals surface area contributed by atoms with E-state index in [9.17, 15) is 26.3 Å². The Kier molecular flexibility index (Phi) is 8.94. The van der Waals surface area contributed by atoms with Crippen LogP contribution in [0.1, 0.15) is 5.56 Å². The van der Waals surface area contributed by atoms with Crippen LogP contribution in [0.2, 0.25) is 0 Å². The fraction of sp³-hybridized carbons (Fsp3) is 0. The van der Waals surface area contributed by atoms with Gasteiger partial charge in [0.1, 0.15) is 0 Å². The Morgan fingerprint density at radius 2 is 0.733 bits per heavy atom. The predicted molar refractivity (Wildman–Crippen MR) is 152 cm³/mol. The van der Waals surface area contributed by atoms with Crippen molar-refractivity contribution in [3.63, 3.8) is 0 Å². The van der Waals surface area contributed by atoms with Gasteiger partial charge < -0.3 is 4.66 Å². The summed E-state index contributed by atoms with van der Waals surface area (Å²) in [5, 5.41) is 0.328. The maximum absolute atomic E-state index is 15.4. The van der Waals surface area contributed by atoms with Crippen molar-refractivity contribution in [2.45, 2.75) is 0 Å². The Morgan fingerprint density at radius 1 is 0.422 bits per heavy atom. The van der Waals surface area contributed by atoms with Crippen molar-refractivity contribution in [2.75, 3.05) is 0 Å². The Bertz CT molecular complexity index is 1860. The number of halogens is 10. The van der Waals surface area contributed by atoms with Gasteiger partial charge >= 0.3 is 6.85 Å². The summed E-state index contributed by atoms with van der Waals surface area (Å²) in [5.74, 6) is -22.8. The van der Waals surface area contributed by atoms with E-state index in [2.05, 4.69) is 16.2 Å². The van der Waals surface area contributed by atoms with Crippen molar-refractivity contribution in [3.05, 3.63) is 155 Å². The molecule has 0 saturated carbocycles. The molecule has 0 atom stereocenters. The quantitative estimate of drug-likeness (QED) is 0.0486. The second-order valence-electron chi connectivity index (χ2n) is 9.39. The molecule has 0 heterocycles. The first kappa shape index (κ1) is 31.7. The number of benzene rings is 5. The second-order valence-corrected chi connectivity index (χ2v) is 12.2. The van der Waals surface area contributed by atoms with Crippen molar-refractivity contribution in [1.29, 1.82) is 0 Å². The van der Waals surface area contributed by atoms with E-state index in [-0.39, 0.29) is 10.6 Å². The van der Waals surface area contributed by atoms with E-state index in [1.54, 1.807) is 42.5 Å². The summed E-state index contributed by atoms with van der Waals surface area (Å²) >= 11 is 0. The zero-order chi connectivity index (χ0) is 32.5. The van der Waals surface area contributed by atoms with E-state index in [1.807, 2.05) is 0 Å². The predicted octanol–water partition coefficient (Wildman–Crippen LogP) is 7.04. The minimum atomic E-state index is -4.00. The molecule has 0 unspecified atom stereocenters. The van der Waals surface area contributed by atoms with Crippen LogP contribution >= 0.6 is 7.05 Å². The zero-order valence-corrected chi connectivity index (χ0v) is 23.3. The van der Waals surface area contributed by atoms with Crippen molar-refractivity contribution < 1.29 is 43.9 Å². The third-order valence-corrected chi connectivity index (χ3v) is 9.82. The van der Waals surface area contributed by atoms with Gasteiger partial charge in [0.25, 0.3) is 0 Å². The van der Waals surface area contributed by atoms with E-state index in [0.29, 0.717) is 5.56 Å². The molecular formula is C32H15BF10NP. The average molecular weight is 645 g/mol. The van der Waals surface area contributed by atoms with Gasteiger partial charge in [0.2, 0.25) is 0 Å². The highest BCUT2D eigenvalue weighted by molar-refractivity contribution is 7.86. The van der Waals surface area contributed by atoms with Crippen LogP contribution in [0, 0.1) is 69.8 Å². The standard InChI is InChI=1S/C32H15BF10NP/c34-23-21(24(35)28(39)31(42)27(23)38)33(22-25(36)29(40)32(43)30(41)26(22)37)44-45(19-12-6-2-7-13-19,20-14-8-3-9-15-20)17-16-18-10-4-1-5-11-18/h1-15H. The topological polar surface area (TPSA) is 12.4 Å². The van der Waals surface area contributed by atoms with Crippen LogP contribution in [0.4, 0.5) is 43.9 Å². The van der Waals surface area contributed by atoms with Crippen molar-refractivity contribution >= 4 is 35.4 Å². The summed E-state index contributed by atoms with van der Waals surface area (Å²) in [5.41, 5.74) is -0.614. The molecule has 0 saturated heterocycles. The molecule has 0 fully saturated rings. The van der Waals surface area contributed by atoms with Gasteiger partial charge in [0, 0.05) is 27.1 Å². The van der Waals surface area contributed by atoms with E-state index < -0.39 is 83.0 Å². The van der Waals surface area contributed by atoms with E-state index in [1.165, 1.54) is 48.5 Å². The highest BCUT2D eigenvalue weighted by atomic mass is 31.2. The average Bonchev–Trinajstić information content (AvgIpc) is 3.07. The molecule has 5 rings (SSSR count). The lowest BCUT2D eigenvalue weighted by atomic mass is 9.51. The summed E-state index contributed by atoms with van der Waals surface area (Å²) in [6, 6.07) is 23.0. The van der Waals surface area contributed by atoms with Gasteiger partial charge in [-0.15, -0.1) is 0 Å². The molecule has 5 aromatic rings. The molecule has 5 aromatic carbocycles. The number of hydrogen-bond acceptors (Lipinski definition) is 1. The molecule has 0 aliphatic rings. The number of hydrogen-bond donors (Lipinski definition) is 0. The van der Waals surface area contributed by atoms with Gasteiger partial charge in [-0.05, 0) is 17.8 Å². The SMILES string of the molecule is Fc1c(F)c(F)c(B(N=P(C#Cc2ccccc2)(c2ccccc2)c2ccccc2)c2c(F)c(F)c(F)c(F)c2F)c(F)c1F. The Labute approximate surface area is 250 Å². The molecule has 0 radical (unpaired) electrons. The van der Waals surface area contributed by atoms with Gasteiger partial charge in [-0.2, -0.15) is 0 Å². The maximum atomic E-state index is 15.4.